The van der Waals surface area contributed by atoms with Gasteiger partial charge >= 0.3 is 0 Å². The molecule has 0 saturated heterocycles. The van der Waals surface area contributed by atoms with Crippen molar-refractivity contribution in [3.63, 3.8) is 0 Å². The van der Waals surface area contributed by atoms with Crippen LogP contribution in [0.15, 0.2) is 78.9 Å². The van der Waals surface area contributed by atoms with Crippen LogP contribution in [0.5, 0.6) is 5.75 Å². The van der Waals surface area contributed by atoms with Crippen LogP contribution < -0.4 is 9.64 Å². The minimum atomic E-state index is 0.568. The van der Waals surface area contributed by atoms with Gasteiger partial charge in [0.15, 0.2) is 6.29 Å². The summed E-state index contributed by atoms with van der Waals surface area (Å²) in [6.45, 7) is 2.63. The Hall–Kier alpha value is -3.07. The van der Waals surface area contributed by atoms with Gasteiger partial charge in [-0.3, -0.25) is 4.79 Å². The van der Waals surface area contributed by atoms with Gasteiger partial charge in [0.05, 0.1) is 12.2 Å². The molecule has 126 valence electrons. The van der Waals surface area contributed by atoms with Gasteiger partial charge in [0, 0.05) is 23.1 Å². The first-order chi connectivity index (χ1) is 12.3. The van der Waals surface area contributed by atoms with Crippen LogP contribution >= 0.6 is 0 Å². The van der Waals surface area contributed by atoms with Gasteiger partial charge in [-0.05, 0) is 42.8 Å². The first kappa shape index (κ1) is 16.8. The highest BCUT2D eigenvalue weighted by molar-refractivity contribution is 5.84. The lowest BCUT2D eigenvalue weighted by Crippen LogP contribution is -2.10. The number of ether oxygens (including phenoxy) is 1. The molecule has 0 aliphatic rings. The Labute approximate surface area is 148 Å². The van der Waals surface area contributed by atoms with Gasteiger partial charge in [0.1, 0.15) is 5.75 Å². The van der Waals surface area contributed by atoms with E-state index < -0.39 is 0 Å². The van der Waals surface area contributed by atoms with E-state index in [4.69, 9.17) is 4.74 Å². The SMILES string of the molecule is CCCOc1cc(N(c2ccccc2)c2ccccc2)ccc1C=O. The first-order valence-corrected chi connectivity index (χ1v) is 8.45. The number of benzene rings is 3. The smallest absolute Gasteiger partial charge is 0.153 e. The Morgan fingerprint density at radius 1 is 0.840 bits per heavy atom. The van der Waals surface area contributed by atoms with Gasteiger partial charge in [-0.2, -0.15) is 0 Å². The first-order valence-electron chi connectivity index (χ1n) is 8.45. The van der Waals surface area contributed by atoms with Crippen molar-refractivity contribution >= 4 is 23.3 Å². The van der Waals surface area contributed by atoms with Crippen LogP contribution in [0.1, 0.15) is 23.7 Å². The Balaban J connectivity index is 2.09. The summed E-state index contributed by atoms with van der Waals surface area (Å²) in [6, 6.07) is 26.0. The minimum Gasteiger partial charge on any atom is -0.493 e. The summed E-state index contributed by atoms with van der Waals surface area (Å²) in [5.41, 5.74) is 3.62. The predicted molar refractivity (Wildman–Crippen MR) is 102 cm³/mol. The normalized spacial score (nSPS) is 10.3. The van der Waals surface area contributed by atoms with Crippen LogP contribution in [0.4, 0.5) is 17.1 Å². The Kier molecular flexibility index (Phi) is 5.47. The third kappa shape index (κ3) is 3.89. The molecule has 3 aromatic rings. The van der Waals surface area contributed by atoms with Crippen molar-refractivity contribution in [2.45, 2.75) is 13.3 Å². The maximum Gasteiger partial charge on any atom is 0.153 e. The van der Waals surface area contributed by atoms with Crippen molar-refractivity contribution < 1.29 is 9.53 Å². The van der Waals surface area contributed by atoms with Gasteiger partial charge in [0.2, 0.25) is 0 Å². The summed E-state index contributed by atoms with van der Waals surface area (Å²) < 4.78 is 5.78. The van der Waals surface area contributed by atoms with Crippen molar-refractivity contribution in [3.05, 3.63) is 84.4 Å². The molecular formula is C22H21NO2. The zero-order chi connectivity index (χ0) is 17.5. The largest absolute Gasteiger partial charge is 0.493 e. The fourth-order valence-corrected chi connectivity index (χ4v) is 2.70. The van der Waals surface area contributed by atoms with Crippen LogP contribution in [-0.2, 0) is 0 Å². The molecule has 0 saturated carbocycles. The number of rotatable bonds is 7. The fourth-order valence-electron chi connectivity index (χ4n) is 2.70. The van der Waals surface area contributed by atoms with Crippen molar-refractivity contribution in [2.24, 2.45) is 0 Å². The molecule has 0 N–H and O–H groups in total. The number of nitrogens with zero attached hydrogens (tertiary/aromatic N) is 1. The molecule has 0 atom stereocenters. The summed E-state index contributed by atoms with van der Waals surface area (Å²) in [7, 11) is 0. The van der Waals surface area contributed by atoms with Crippen molar-refractivity contribution in [2.75, 3.05) is 11.5 Å². The van der Waals surface area contributed by atoms with Crippen molar-refractivity contribution in [1.82, 2.24) is 0 Å². The average molecular weight is 331 g/mol. The Morgan fingerprint density at radius 3 is 1.96 bits per heavy atom. The van der Waals surface area contributed by atoms with Crippen LogP contribution in [0.3, 0.4) is 0 Å². The highest BCUT2D eigenvalue weighted by atomic mass is 16.5. The molecule has 0 aliphatic carbocycles. The third-order valence-electron chi connectivity index (χ3n) is 3.87. The predicted octanol–water partition coefficient (Wildman–Crippen LogP) is 5.76. The molecule has 3 aromatic carbocycles. The standard InChI is InChI=1S/C22H21NO2/c1-2-15-25-22-16-21(14-13-18(22)17-24)23(19-9-5-3-6-10-19)20-11-7-4-8-12-20/h3-14,16-17H,2,15H2,1H3. The van der Waals surface area contributed by atoms with Gasteiger partial charge in [-0.25, -0.2) is 0 Å². The van der Waals surface area contributed by atoms with E-state index in [-0.39, 0.29) is 0 Å². The second-order valence-corrected chi connectivity index (χ2v) is 5.69. The van der Waals surface area contributed by atoms with E-state index in [0.29, 0.717) is 17.9 Å². The summed E-state index contributed by atoms with van der Waals surface area (Å²) in [6.07, 6.45) is 1.73. The molecule has 3 heteroatoms. The van der Waals surface area contributed by atoms with E-state index in [9.17, 15) is 4.79 Å². The Bertz CT molecular complexity index is 776. The molecule has 3 rings (SSSR count). The average Bonchev–Trinajstić information content (AvgIpc) is 2.68. The molecule has 0 spiro atoms. The van der Waals surface area contributed by atoms with Crippen molar-refractivity contribution in [3.8, 4) is 5.75 Å². The summed E-state index contributed by atoms with van der Waals surface area (Å²) in [4.78, 5) is 13.5. The zero-order valence-electron chi connectivity index (χ0n) is 14.3. The van der Waals surface area contributed by atoms with Gasteiger partial charge in [-0.1, -0.05) is 43.3 Å². The number of anilines is 3. The van der Waals surface area contributed by atoms with E-state index in [2.05, 4.69) is 29.2 Å². The summed E-state index contributed by atoms with van der Waals surface area (Å²) >= 11 is 0. The minimum absolute atomic E-state index is 0.568. The number of carbonyl (C=O) groups excluding carboxylic acids is 1. The summed E-state index contributed by atoms with van der Waals surface area (Å²) in [5.74, 6) is 0.617. The molecule has 0 radical (unpaired) electrons. The number of para-hydroxylation sites is 2. The van der Waals surface area contributed by atoms with Gasteiger partial charge in [0.25, 0.3) is 0 Å². The van der Waals surface area contributed by atoms with Gasteiger partial charge in [-0.15, -0.1) is 0 Å². The van der Waals surface area contributed by atoms with E-state index in [1.807, 2.05) is 61.5 Å². The second kappa shape index (κ2) is 8.15. The third-order valence-corrected chi connectivity index (χ3v) is 3.87. The van der Waals surface area contributed by atoms with E-state index in [1.54, 1.807) is 0 Å². The maximum absolute atomic E-state index is 11.3. The van der Waals surface area contributed by atoms with Crippen LogP contribution in [0.2, 0.25) is 0 Å². The molecule has 0 bridgehead atoms. The van der Waals surface area contributed by atoms with Crippen LogP contribution in [0, 0.1) is 0 Å². The summed E-state index contributed by atoms with van der Waals surface area (Å²) in [5, 5.41) is 0. The highest BCUT2D eigenvalue weighted by Crippen LogP contribution is 2.36. The van der Waals surface area contributed by atoms with Gasteiger partial charge < -0.3 is 9.64 Å². The van der Waals surface area contributed by atoms with Crippen molar-refractivity contribution in [1.29, 1.82) is 0 Å². The topological polar surface area (TPSA) is 29.5 Å². The zero-order valence-corrected chi connectivity index (χ0v) is 14.3. The molecule has 0 unspecified atom stereocenters. The monoisotopic (exact) mass is 331 g/mol. The molecule has 0 aromatic heterocycles. The molecular weight excluding hydrogens is 310 g/mol. The maximum atomic E-state index is 11.3. The molecule has 25 heavy (non-hydrogen) atoms. The van der Waals surface area contributed by atoms with Crippen LogP contribution in [0.25, 0.3) is 0 Å². The van der Waals surface area contributed by atoms with Crippen LogP contribution in [-0.4, -0.2) is 12.9 Å². The molecule has 0 aliphatic heterocycles. The number of hydrogen-bond donors (Lipinski definition) is 0. The molecule has 3 nitrogen and oxygen atoms in total. The Morgan fingerprint density at radius 2 is 1.44 bits per heavy atom. The van der Waals surface area contributed by atoms with E-state index >= 15 is 0 Å². The molecule has 0 heterocycles. The number of carbonyl (C=O) groups is 1. The van der Waals surface area contributed by atoms with E-state index in [1.165, 1.54) is 0 Å². The lowest BCUT2D eigenvalue weighted by Gasteiger charge is -2.26. The number of aldehydes is 1. The number of hydrogen-bond acceptors (Lipinski definition) is 3. The molecule has 0 amide bonds. The lowest BCUT2D eigenvalue weighted by molar-refractivity contribution is 0.111. The second-order valence-electron chi connectivity index (χ2n) is 5.69. The highest BCUT2D eigenvalue weighted by Gasteiger charge is 2.14. The molecule has 0 fully saturated rings. The quantitative estimate of drug-likeness (QED) is 0.516. The fraction of sp³-hybridized carbons (Fsp3) is 0.136. The lowest BCUT2D eigenvalue weighted by atomic mass is 10.1. The van der Waals surface area contributed by atoms with E-state index in [0.717, 1.165) is 29.8 Å².